The molecule has 1 heterocycles. The molecular weight excluding hydrogens is 470 g/mol. The average Bonchev–Trinajstić information content (AvgIpc) is 3.70. The fraction of sp³-hybridized carbons (Fsp3) is 0.357. The highest BCUT2D eigenvalue weighted by Crippen LogP contribution is 2.38. The number of aliphatic imine (C=N–C) groups is 1. The van der Waals surface area contributed by atoms with E-state index in [0.717, 1.165) is 34.9 Å². The van der Waals surface area contributed by atoms with Crippen LogP contribution in [0.25, 0.3) is 16.6 Å². The summed E-state index contributed by atoms with van der Waals surface area (Å²) in [4.78, 5) is 27.4. The highest BCUT2D eigenvalue weighted by atomic mass is 16.6. The average molecular weight is 504 g/mol. The molecule has 0 atom stereocenters. The third-order valence-electron chi connectivity index (χ3n) is 5.80. The van der Waals surface area contributed by atoms with Crippen LogP contribution in [-0.4, -0.2) is 48.6 Å². The van der Waals surface area contributed by atoms with Gasteiger partial charge in [0.15, 0.2) is 0 Å². The van der Waals surface area contributed by atoms with Crippen LogP contribution >= 0.6 is 0 Å². The number of carbonyl (C=O) groups is 1. The van der Waals surface area contributed by atoms with E-state index in [1.807, 2.05) is 36.4 Å². The summed E-state index contributed by atoms with van der Waals surface area (Å²) in [5.74, 6) is 2.07. The molecule has 0 unspecified atom stereocenters. The molecule has 2 aromatic carbocycles. The van der Waals surface area contributed by atoms with Crippen LogP contribution in [0, 0.1) is 5.92 Å². The minimum atomic E-state index is -0.702. The van der Waals surface area contributed by atoms with Crippen LogP contribution in [0.1, 0.15) is 39.3 Å². The number of carbonyl (C=O) groups excluding carboxylic acids is 1. The Kier molecular flexibility index (Phi) is 7.61. The van der Waals surface area contributed by atoms with Crippen LogP contribution in [0.3, 0.4) is 0 Å². The van der Waals surface area contributed by atoms with E-state index >= 15 is 0 Å². The lowest BCUT2D eigenvalue weighted by molar-refractivity contribution is 0.0605. The van der Waals surface area contributed by atoms with Gasteiger partial charge < -0.3 is 24.8 Å². The molecule has 0 radical (unpaired) electrons. The number of hydrogen-bond donors (Lipinski definition) is 1. The zero-order valence-corrected chi connectivity index (χ0v) is 21.9. The standard InChI is InChI=1S/C28H33N5O4/c1-28(2,3)37-27(34)31-15-19(14-29)26-16-30-24-9-8-20(12-25(24)32-26)33(17-18-6-7-18)21-10-22(35-4)13-23(11-21)36-5/h8-16,18H,6-7,17,29H2,1-5H3. The Morgan fingerprint density at radius 1 is 1.08 bits per heavy atom. The fourth-order valence-electron chi connectivity index (χ4n) is 3.78. The highest BCUT2D eigenvalue weighted by molar-refractivity contribution is 6.11. The number of fused-ring (bicyclic) bond motifs is 1. The van der Waals surface area contributed by atoms with Crippen molar-refractivity contribution in [2.24, 2.45) is 16.6 Å². The van der Waals surface area contributed by atoms with Gasteiger partial charge in [-0.05, 0) is 57.7 Å². The van der Waals surface area contributed by atoms with Gasteiger partial charge >= 0.3 is 6.09 Å². The first-order valence-electron chi connectivity index (χ1n) is 12.2. The van der Waals surface area contributed by atoms with Crippen molar-refractivity contribution in [2.45, 2.75) is 39.2 Å². The van der Waals surface area contributed by atoms with Crippen molar-refractivity contribution >= 4 is 40.3 Å². The molecule has 1 amide bonds. The highest BCUT2D eigenvalue weighted by Gasteiger charge is 2.26. The molecule has 1 fully saturated rings. The van der Waals surface area contributed by atoms with Crippen molar-refractivity contribution in [3.63, 3.8) is 0 Å². The predicted molar refractivity (Wildman–Crippen MR) is 146 cm³/mol. The molecule has 194 valence electrons. The Hall–Kier alpha value is -4.14. The van der Waals surface area contributed by atoms with Gasteiger partial charge in [0, 0.05) is 54.1 Å². The summed E-state index contributed by atoms with van der Waals surface area (Å²) in [6.07, 6.45) is 6.00. The molecule has 37 heavy (non-hydrogen) atoms. The van der Waals surface area contributed by atoms with Crippen molar-refractivity contribution in [1.82, 2.24) is 9.97 Å². The molecule has 0 spiro atoms. The Morgan fingerprint density at radius 3 is 2.38 bits per heavy atom. The van der Waals surface area contributed by atoms with Gasteiger partial charge in [0.25, 0.3) is 0 Å². The second-order valence-electron chi connectivity index (χ2n) is 9.91. The first-order chi connectivity index (χ1) is 17.7. The van der Waals surface area contributed by atoms with Gasteiger partial charge in [-0.3, -0.25) is 4.98 Å². The Bertz CT molecular complexity index is 1320. The number of nitrogens with two attached hydrogens (primary N) is 1. The number of benzene rings is 2. The van der Waals surface area contributed by atoms with E-state index in [9.17, 15) is 4.79 Å². The number of methoxy groups -OCH3 is 2. The zero-order valence-electron chi connectivity index (χ0n) is 21.9. The number of amides is 1. The minimum absolute atomic E-state index is 0.457. The molecular formula is C28H33N5O4. The van der Waals surface area contributed by atoms with Gasteiger partial charge in [0.05, 0.1) is 37.1 Å². The molecule has 1 aliphatic rings. The van der Waals surface area contributed by atoms with Crippen LogP contribution in [0.2, 0.25) is 0 Å². The van der Waals surface area contributed by atoms with E-state index in [1.54, 1.807) is 41.2 Å². The van der Waals surface area contributed by atoms with Crippen molar-refractivity contribution in [2.75, 3.05) is 25.7 Å². The van der Waals surface area contributed by atoms with Crippen LogP contribution in [-0.2, 0) is 4.74 Å². The zero-order chi connectivity index (χ0) is 26.6. The van der Waals surface area contributed by atoms with Gasteiger partial charge in [-0.2, -0.15) is 4.99 Å². The summed E-state index contributed by atoms with van der Waals surface area (Å²) >= 11 is 0. The van der Waals surface area contributed by atoms with E-state index < -0.39 is 11.7 Å². The molecule has 0 bridgehead atoms. The van der Waals surface area contributed by atoms with Crippen molar-refractivity contribution in [3.8, 4) is 11.5 Å². The number of anilines is 2. The SMILES string of the molecule is COc1cc(OC)cc(N(CC2CC2)c2ccc3ncc(C(C=NC(=O)OC(C)(C)C)=CN)nc3c2)c1. The monoisotopic (exact) mass is 503 g/mol. The van der Waals surface area contributed by atoms with E-state index in [0.29, 0.717) is 22.7 Å². The molecule has 2 N–H and O–H groups in total. The van der Waals surface area contributed by atoms with Gasteiger partial charge in [-0.1, -0.05) is 0 Å². The van der Waals surface area contributed by atoms with Crippen LogP contribution in [0.15, 0.2) is 53.8 Å². The summed E-state index contributed by atoms with van der Waals surface area (Å²) in [7, 11) is 3.29. The smallest absolute Gasteiger partial charge is 0.434 e. The Labute approximate surface area is 217 Å². The molecule has 0 saturated heterocycles. The topological polar surface area (TPSA) is 112 Å². The number of rotatable bonds is 8. The molecule has 9 nitrogen and oxygen atoms in total. The third kappa shape index (κ3) is 6.75. The van der Waals surface area contributed by atoms with E-state index in [-0.39, 0.29) is 0 Å². The lowest BCUT2D eigenvalue weighted by Crippen LogP contribution is -2.22. The number of hydrogen-bond acceptors (Lipinski definition) is 8. The molecule has 1 saturated carbocycles. The lowest BCUT2D eigenvalue weighted by atomic mass is 10.1. The van der Waals surface area contributed by atoms with Gasteiger partial charge in [-0.15, -0.1) is 0 Å². The van der Waals surface area contributed by atoms with Crippen LogP contribution in [0.4, 0.5) is 16.2 Å². The molecule has 1 aromatic heterocycles. The maximum atomic E-state index is 12.0. The van der Waals surface area contributed by atoms with Crippen LogP contribution in [0.5, 0.6) is 11.5 Å². The second-order valence-corrected chi connectivity index (χ2v) is 9.91. The van der Waals surface area contributed by atoms with Crippen molar-refractivity contribution in [1.29, 1.82) is 0 Å². The summed E-state index contributed by atoms with van der Waals surface area (Å²) in [5, 5.41) is 0. The van der Waals surface area contributed by atoms with Crippen LogP contribution < -0.4 is 20.1 Å². The predicted octanol–water partition coefficient (Wildman–Crippen LogP) is 5.50. The number of aromatic nitrogens is 2. The number of allylic oxidation sites excluding steroid dienone is 1. The Balaban J connectivity index is 1.68. The quantitative estimate of drug-likeness (QED) is 0.401. The molecule has 3 aromatic rings. The maximum absolute atomic E-state index is 12.0. The number of ether oxygens (including phenoxy) is 3. The largest absolute Gasteiger partial charge is 0.497 e. The molecule has 0 aliphatic heterocycles. The first-order valence-corrected chi connectivity index (χ1v) is 12.2. The first kappa shape index (κ1) is 25.9. The summed E-state index contributed by atoms with van der Waals surface area (Å²) in [5.41, 5.74) is 9.52. The van der Waals surface area contributed by atoms with Gasteiger partial charge in [0.2, 0.25) is 0 Å². The molecule has 4 rings (SSSR count). The summed E-state index contributed by atoms with van der Waals surface area (Å²) < 4.78 is 16.2. The number of nitrogens with zero attached hydrogens (tertiary/aromatic N) is 4. The van der Waals surface area contributed by atoms with E-state index in [4.69, 9.17) is 24.9 Å². The molecule has 1 aliphatic carbocycles. The Morgan fingerprint density at radius 2 is 1.78 bits per heavy atom. The minimum Gasteiger partial charge on any atom is -0.497 e. The summed E-state index contributed by atoms with van der Waals surface area (Å²) in [6, 6.07) is 11.8. The maximum Gasteiger partial charge on any atom is 0.434 e. The van der Waals surface area contributed by atoms with E-state index in [2.05, 4.69) is 14.9 Å². The summed E-state index contributed by atoms with van der Waals surface area (Å²) in [6.45, 7) is 6.20. The van der Waals surface area contributed by atoms with E-state index in [1.165, 1.54) is 25.3 Å². The fourth-order valence-corrected chi connectivity index (χ4v) is 3.78. The van der Waals surface area contributed by atoms with Crippen molar-refractivity contribution in [3.05, 3.63) is 54.5 Å². The molecule has 9 heteroatoms. The van der Waals surface area contributed by atoms with Gasteiger partial charge in [0.1, 0.15) is 17.1 Å². The third-order valence-corrected chi connectivity index (χ3v) is 5.80. The lowest BCUT2D eigenvalue weighted by Gasteiger charge is -2.26. The van der Waals surface area contributed by atoms with Gasteiger partial charge in [-0.25, -0.2) is 9.78 Å². The normalized spacial score (nSPS) is 14.1. The van der Waals surface area contributed by atoms with Crippen molar-refractivity contribution < 1.29 is 19.0 Å². The second kappa shape index (κ2) is 10.9.